The Hall–Kier alpha value is -2.92. The van der Waals surface area contributed by atoms with Crippen molar-refractivity contribution in [1.29, 1.82) is 0 Å². The van der Waals surface area contributed by atoms with Gasteiger partial charge in [0.2, 0.25) is 5.95 Å². The molecular formula is C18H15F7N4O. The van der Waals surface area contributed by atoms with Gasteiger partial charge in [-0.2, -0.15) is 26.3 Å². The number of alkyl halides is 6. The summed E-state index contributed by atoms with van der Waals surface area (Å²) in [5, 5.41) is 4.39. The van der Waals surface area contributed by atoms with Gasteiger partial charge in [-0.1, -0.05) is 12.5 Å². The molecule has 162 valence electrons. The Labute approximate surface area is 165 Å². The highest BCUT2D eigenvalue weighted by molar-refractivity contribution is 5.95. The lowest BCUT2D eigenvalue weighted by atomic mass is 9.85. The van der Waals surface area contributed by atoms with Crippen molar-refractivity contribution < 1.29 is 35.5 Å². The molecule has 1 heterocycles. The third-order valence-corrected chi connectivity index (χ3v) is 4.63. The number of nitrogens with one attached hydrogen (secondary N) is 2. The number of hydrogen-bond acceptors (Lipinski definition) is 4. The van der Waals surface area contributed by atoms with E-state index in [0.717, 1.165) is 31.4 Å². The van der Waals surface area contributed by atoms with E-state index in [1.165, 1.54) is 0 Å². The summed E-state index contributed by atoms with van der Waals surface area (Å²) in [6.45, 7) is 0.214. The summed E-state index contributed by atoms with van der Waals surface area (Å²) >= 11 is 0. The van der Waals surface area contributed by atoms with E-state index in [1.54, 1.807) is 0 Å². The smallest absolute Gasteiger partial charge is 0.352 e. The van der Waals surface area contributed by atoms with E-state index in [-0.39, 0.29) is 12.5 Å². The van der Waals surface area contributed by atoms with Gasteiger partial charge in [-0.15, -0.1) is 0 Å². The quantitative estimate of drug-likeness (QED) is 0.653. The van der Waals surface area contributed by atoms with Crippen LogP contribution in [0.4, 0.5) is 42.4 Å². The molecule has 0 bridgehead atoms. The second-order valence-corrected chi connectivity index (χ2v) is 6.75. The van der Waals surface area contributed by atoms with Gasteiger partial charge in [-0.05, 0) is 30.9 Å². The number of amides is 1. The molecule has 3 rings (SSSR count). The molecule has 5 nitrogen and oxygen atoms in total. The first-order chi connectivity index (χ1) is 14.0. The lowest BCUT2D eigenvalue weighted by molar-refractivity contribution is -0.141. The number of anilines is 2. The maximum atomic E-state index is 14.1. The predicted octanol–water partition coefficient (Wildman–Crippen LogP) is 4.93. The van der Waals surface area contributed by atoms with E-state index in [4.69, 9.17) is 0 Å². The van der Waals surface area contributed by atoms with Crippen LogP contribution in [-0.2, 0) is 12.4 Å². The molecule has 2 aromatic rings. The van der Waals surface area contributed by atoms with Crippen LogP contribution in [0.25, 0.3) is 0 Å². The molecule has 0 saturated heterocycles. The van der Waals surface area contributed by atoms with Crippen molar-refractivity contribution in [3.63, 3.8) is 0 Å². The molecule has 1 amide bonds. The molecule has 1 aliphatic carbocycles. The van der Waals surface area contributed by atoms with Gasteiger partial charge in [0.15, 0.2) is 11.5 Å². The lowest BCUT2D eigenvalue weighted by Gasteiger charge is -2.25. The minimum absolute atomic E-state index is 0.203. The summed E-state index contributed by atoms with van der Waals surface area (Å²) in [6.07, 6.45) is -6.72. The summed E-state index contributed by atoms with van der Waals surface area (Å²) in [6, 6.07) is 2.25. The third kappa shape index (κ3) is 4.79. The monoisotopic (exact) mass is 436 g/mol. The summed E-state index contributed by atoms with van der Waals surface area (Å²) in [5.41, 5.74) is -4.79. The van der Waals surface area contributed by atoms with Gasteiger partial charge in [0.05, 0.1) is 16.8 Å². The normalized spacial score (nSPS) is 14.9. The second kappa shape index (κ2) is 8.07. The Morgan fingerprint density at radius 3 is 2.37 bits per heavy atom. The maximum absolute atomic E-state index is 14.1. The molecule has 1 aromatic carbocycles. The highest BCUT2D eigenvalue weighted by atomic mass is 19.4. The Morgan fingerprint density at radius 1 is 1.10 bits per heavy atom. The molecule has 0 spiro atoms. The SMILES string of the molecule is O=C(NCC1CCC1)c1cnc(Nc2cccc(C(F)(F)F)c2F)nc1C(F)(F)F. The number of nitrogens with zero attached hydrogens (tertiary/aromatic N) is 2. The van der Waals surface area contributed by atoms with E-state index in [1.807, 2.05) is 5.32 Å². The Balaban J connectivity index is 1.87. The fourth-order valence-electron chi connectivity index (χ4n) is 2.82. The maximum Gasteiger partial charge on any atom is 0.434 e. The lowest BCUT2D eigenvalue weighted by Crippen LogP contribution is -2.33. The van der Waals surface area contributed by atoms with Crippen molar-refractivity contribution in [1.82, 2.24) is 15.3 Å². The van der Waals surface area contributed by atoms with Crippen LogP contribution in [0.2, 0.25) is 0 Å². The van der Waals surface area contributed by atoms with Crippen LogP contribution < -0.4 is 10.6 Å². The van der Waals surface area contributed by atoms with Gasteiger partial charge in [0.1, 0.15) is 0 Å². The Kier molecular flexibility index (Phi) is 5.86. The van der Waals surface area contributed by atoms with Crippen molar-refractivity contribution in [2.45, 2.75) is 31.6 Å². The molecule has 30 heavy (non-hydrogen) atoms. The third-order valence-electron chi connectivity index (χ3n) is 4.63. The number of carbonyl (C=O) groups is 1. The van der Waals surface area contributed by atoms with Gasteiger partial charge < -0.3 is 10.6 Å². The average molecular weight is 436 g/mol. The molecule has 2 N–H and O–H groups in total. The molecule has 12 heteroatoms. The number of aromatic nitrogens is 2. The Morgan fingerprint density at radius 2 is 1.80 bits per heavy atom. The number of rotatable bonds is 5. The minimum Gasteiger partial charge on any atom is -0.352 e. The molecule has 1 aliphatic rings. The number of carbonyl (C=O) groups excluding carboxylic acids is 1. The van der Waals surface area contributed by atoms with Gasteiger partial charge in [-0.3, -0.25) is 4.79 Å². The van der Waals surface area contributed by atoms with Gasteiger partial charge in [-0.25, -0.2) is 14.4 Å². The minimum atomic E-state index is -5.05. The number of hydrogen-bond donors (Lipinski definition) is 2. The zero-order valence-corrected chi connectivity index (χ0v) is 15.2. The fourth-order valence-corrected chi connectivity index (χ4v) is 2.82. The standard InChI is InChI=1S/C18H15F7N4O/c19-13-11(17(20,21)22)5-2-6-12(13)28-16-27-8-10(14(29-16)18(23,24)25)15(30)26-7-9-3-1-4-9/h2,5-6,8-9H,1,3-4,7H2,(H,26,30)(H,27,28,29). The van der Waals surface area contributed by atoms with E-state index in [2.05, 4.69) is 15.3 Å². The van der Waals surface area contributed by atoms with Crippen LogP contribution in [-0.4, -0.2) is 22.4 Å². The topological polar surface area (TPSA) is 66.9 Å². The Bertz CT molecular complexity index is 939. The summed E-state index contributed by atoms with van der Waals surface area (Å²) < 4.78 is 92.6. The summed E-state index contributed by atoms with van der Waals surface area (Å²) in [4.78, 5) is 18.9. The first-order valence-corrected chi connectivity index (χ1v) is 8.82. The van der Waals surface area contributed by atoms with E-state index >= 15 is 0 Å². The van der Waals surface area contributed by atoms with Crippen molar-refractivity contribution in [2.75, 3.05) is 11.9 Å². The summed E-state index contributed by atoms with van der Waals surface area (Å²) in [7, 11) is 0. The van der Waals surface area contributed by atoms with Crippen LogP contribution in [0, 0.1) is 11.7 Å². The first kappa shape index (κ1) is 21.8. The van der Waals surface area contributed by atoms with Crippen molar-refractivity contribution >= 4 is 17.5 Å². The highest BCUT2D eigenvalue weighted by Gasteiger charge is 2.39. The molecule has 1 saturated carbocycles. The van der Waals surface area contributed by atoms with E-state index < -0.39 is 52.5 Å². The largest absolute Gasteiger partial charge is 0.434 e. The van der Waals surface area contributed by atoms with Crippen molar-refractivity contribution in [3.8, 4) is 0 Å². The van der Waals surface area contributed by atoms with Gasteiger partial charge >= 0.3 is 12.4 Å². The molecular weight excluding hydrogens is 421 g/mol. The van der Waals surface area contributed by atoms with Gasteiger partial charge in [0, 0.05) is 12.7 Å². The zero-order valence-electron chi connectivity index (χ0n) is 15.2. The average Bonchev–Trinajstić information content (AvgIpc) is 2.60. The second-order valence-electron chi connectivity index (χ2n) is 6.75. The number of halogens is 7. The zero-order chi connectivity index (χ0) is 22.1. The highest BCUT2D eigenvalue weighted by Crippen LogP contribution is 2.35. The van der Waals surface area contributed by atoms with Crippen molar-refractivity contribution in [2.24, 2.45) is 5.92 Å². The molecule has 0 aliphatic heterocycles. The van der Waals surface area contributed by atoms with Gasteiger partial charge in [0.25, 0.3) is 5.91 Å². The van der Waals surface area contributed by atoms with E-state index in [9.17, 15) is 35.5 Å². The van der Waals surface area contributed by atoms with Crippen LogP contribution in [0.3, 0.4) is 0 Å². The van der Waals surface area contributed by atoms with Crippen LogP contribution in [0.1, 0.15) is 40.9 Å². The van der Waals surface area contributed by atoms with Crippen LogP contribution in [0.15, 0.2) is 24.4 Å². The molecule has 0 atom stereocenters. The van der Waals surface area contributed by atoms with Crippen LogP contribution in [0.5, 0.6) is 0 Å². The fraction of sp³-hybridized carbons (Fsp3) is 0.389. The van der Waals surface area contributed by atoms with Crippen molar-refractivity contribution in [3.05, 3.63) is 47.0 Å². The molecule has 0 unspecified atom stereocenters. The van der Waals surface area contributed by atoms with Crippen LogP contribution >= 0.6 is 0 Å². The van der Waals surface area contributed by atoms with E-state index in [0.29, 0.717) is 12.3 Å². The predicted molar refractivity (Wildman–Crippen MR) is 91.4 cm³/mol. The molecule has 1 fully saturated rings. The summed E-state index contributed by atoms with van der Waals surface area (Å²) in [5.74, 6) is -3.35. The molecule has 1 aromatic heterocycles. The first-order valence-electron chi connectivity index (χ1n) is 8.82. The molecule has 0 radical (unpaired) electrons. The number of benzene rings is 1.